The Hall–Kier alpha value is -3.88. The third-order valence-corrected chi connectivity index (χ3v) is 5.94. The van der Waals surface area contributed by atoms with E-state index in [2.05, 4.69) is 27.0 Å². The maximum absolute atomic E-state index is 15.1. The second-order valence-corrected chi connectivity index (χ2v) is 9.04. The van der Waals surface area contributed by atoms with Crippen molar-refractivity contribution in [2.24, 2.45) is 5.41 Å². The van der Waals surface area contributed by atoms with Gasteiger partial charge in [-0.1, -0.05) is 11.8 Å². The topological polar surface area (TPSA) is 46.3 Å². The summed E-state index contributed by atoms with van der Waals surface area (Å²) in [6.07, 6.45) is -3.01. The van der Waals surface area contributed by atoms with Crippen LogP contribution in [0.2, 0.25) is 0 Å². The molecule has 0 fully saturated rings. The number of benzene rings is 2. The molecule has 0 unspecified atom stereocenters. The number of aryl methyl sites for hydroxylation is 1. The van der Waals surface area contributed by atoms with Crippen molar-refractivity contribution in [3.63, 3.8) is 0 Å². The highest BCUT2D eigenvalue weighted by molar-refractivity contribution is 5.94. The van der Waals surface area contributed by atoms with Crippen molar-refractivity contribution in [3.8, 4) is 11.8 Å². The van der Waals surface area contributed by atoms with Crippen molar-refractivity contribution < 1.29 is 30.7 Å². The van der Waals surface area contributed by atoms with E-state index >= 15 is 4.39 Å². The van der Waals surface area contributed by atoms with Crippen LogP contribution in [0.25, 0.3) is 16.7 Å². The van der Waals surface area contributed by atoms with Crippen LogP contribution in [0.3, 0.4) is 0 Å². The molecule has 4 rings (SSSR count). The zero-order chi connectivity index (χ0) is 27.3. The highest BCUT2D eigenvalue weighted by Crippen LogP contribution is 2.37. The lowest BCUT2D eigenvalue weighted by Gasteiger charge is -2.26. The minimum Gasteiger partial charge on any atom is -0.320 e. The summed E-state index contributed by atoms with van der Waals surface area (Å²) in [5, 5.41) is 7.25. The first-order valence-corrected chi connectivity index (χ1v) is 11.0. The molecule has 12 heteroatoms. The second kappa shape index (κ2) is 9.21. The maximum atomic E-state index is 15.1. The highest BCUT2D eigenvalue weighted by Gasteiger charge is 2.40. The monoisotopic (exact) mass is 523 g/mol. The Morgan fingerprint density at radius 1 is 1.03 bits per heavy atom. The molecule has 0 aliphatic rings. The fourth-order valence-electron chi connectivity index (χ4n) is 3.58. The van der Waals surface area contributed by atoms with Crippen LogP contribution in [0.4, 0.5) is 42.2 Å². The standard InChI is InChI=1S/C25H20F7N5/c1-13-34-35-23-33-22(20-18(37(13)23)6-5-17(27)21(20)30)36(12-19(28)29)16-10-14(9-15(26)11-16)7-8-24(2,3)25(4,31)32/h5-6,9-11,19H,12H2,1-4H3. The molecule has 0 aliphatic heterocycles. The van der Waals surface area contributed by atoms with Gasteiger partial charge in [0, 0.05) is 18.2 Å². The van der Waals surface area contributed by atoms with Gasteiger partial charge in [-0.25, -0.2) is 30.7 Å². The van der Waals surface area contributed by atoms with Gasteiger partial charge in [0.1, 0.15) is 17.5 Å². The lowest BCUT2D eigenvalue weighted by atomic mass is 9.87. The number of hydrogen-bond acceptors (Lipinski definition) is 4. The van der Waals surface area contributed by atoms with Gasteiger partial charge in [0.2, 0.25) is 0 Å². The first-order chi connectivity index (χ1) is 17.2. The summed E-state index contributed by atoms with van der Waals surface area (Å²) in [5.41, 5.74) is -2.06. The molecule has 0 N–H and O–H groups in total. The predicted octanol–water partition coefficient (Wildman–Crippen LogP) is 6.44. The lowest BCUT2D eigenvalue weighted by Crippen LogP contribution is -2.31. The molecule has 0 spiro atoms. The number of rotatable bonds is 5. The predicted molar refractivity (Wildman–Crippen MR) is 124 cm³/mol. The minimum absolute atomic E-state index is 0.0454. The Morgan fingerprint density at radius 2 is 1.73 bits per heavy atom. The van der Waals surface area contributed by atoms with E-state index in [1.54, 1.807) is 0 Å². The van der Waals surface area contributed by atoms with Gasteiger partial charge in [-0.2, -0.15) is 4.98 Å². The molecular formula is C25H20F7N5. The fourth-order valence-corrected chi connectivity index (χ4v) is 3.58. The Bertz CT molecular complexity index is 1560. The van der Waals surface area contributed by atoms with E-state index in [1.165, 1.54) is 37.3 Å². The zero-order valence-corrected chi connectivity index (χ0v) is 20.1. The largest absolute Gasteiger partial charge is 0.320 e. The SMILES string of the molecule is Cc1nnc2nc(N(CC(F)F)c3cc(F)cc(C#CC(C)(C)C(C)(F)F)c3)c3c(F)c(F)ccc3n12. The maximum Gasteiger partial charge on any atom is 0.261 e. The molecule has 0 radical (unpaired) electrons. The van der Waals surface area contributed by atoms with E-state index in [9.17, 15) is 26.3 Å². The van der Waals surface area contributed by atoms with Crippen LogP contribution in [-0.4, -0.2) is 38.5 Å². The highest BCUT2D eigenvalue weighted by atomic mass is 19.3. The number of hydrogen-bond donors (Lipinski definition) is 0. The van der Waals surface area contributed by atoms with Gasteiger partial charge in [0.05, 0.1) is 22.9 Å². The van der Waals surface area contributed by atoms with Gasteiger partial charge in [-0.05, 0) is 51.1 Å². The number of halogens is 7. The average Bonchev–Trinajstić information content (AvgIpc) is 3.17. The summed E-state index contributed by atoms with van der Waals surface area (Å²) >= 11 is 0. The third kappa shape index (κ3) is 4.90. The van der Waals surface area contributed by atoms with Crippen LogP contribution in [0, 0.1) is 41.6 Å². The molecule has 0 saturated heterocycles. The van der Waals surface area contributed by atoms with Crippen LogP contribution in [-0.2, 0) is 0 Å². The molecule has 0 bridgehead atoms. The molecule has 2 heterocycles. The third-order valence-electron chi connectivity index (χ3n) is 5.94. The Kier molecular flexibility index (Phi) is 6.52. The summed E-state index contributed by atoms with van der Waals surface area (Å²) in [5.74, 6) is -2.16. The Labute approximate surface area is 206 Å². The van der Waals surface area contributed by atoms with Gasteiger partial charge in [0.25, 0.3) is 18.1 Å². The van der Waals surface area contributed by atoms with Gasteiger partial charge in [0.15, 0.2) is 11.6 Å². The van der Waals surface area contributed by atoms with Crippen LogP contribution < -0.4 is 4.90 Å². The fraction of sp³-hybridized carbons (Fsp3) is 0.320. The van der Waals surface area contributed by atoms with E-state index in [4.69, 9.17) is 0 Å². The summed E-state index contributed by atoms with van der Waals surface area (Å²) < 4.78 is 100. The first-order valence-electron chi connectivity index (χ1n) is 11.0. The van der Waals surface area contributed by atoms with Crippen LogP contribution in [0.15, 0.2) is 30.3 Å². The Balaban J connectivity index is 1.98. The van der Waals surface area contributed by atoms with E-state index in [0.717, 1.165) is 23.1 Å². The van der Waals surface area contributed by atoms with E-state index < -0.39 is 53.0 Å². The van der Waals surface area contributed by atoms with Crippen molar-refractivity contribution in [2.75, 3.05) is 11.4 Å². The number of nitrogens with zero attached hydrogens (tertiary/aromatic N) is 5. The van der Waals surface area contributed by atoms with Crippen molar-refractivity contribution >= 4 is 28.2 Å². The molecule has 2 aromatic carbocycles. The smallest absolute Gasteiger partial charge is 0.261 e. The van der Waals surface area contributed by atoms with Gasteiger partial charge in [-0.15, -0.1) is 10.2 Å². The Morgan fingerprint density at radius 3 is 2.38 bits per heavy atom. The molecule has 0 amide bonds. The average molecular weight is 523 g/mol. The van der Waals surface area contributed by atoms with Crippen LogP contribution >= 0.6 is 0 Å². The van der Waals surface area contributed by atoms with Crippen LogP contribution in [0.5, 0.6) is 0 Å². The van der Waals surface area contributed by atoms with E-state index in [1.807, 2.05) is 0 Å². The number of anilines is 2. The summed E-state index contributed by atoms with van der Waals surface area (Å²) in [7, 11) is 0. The summed E-state index contributed by atoms with van der Waals surface area (Å²) in [4.78, 5) is 4.95. The molecular weight excluding hydrogens is 503 g/mol. The van der Waals surface area contributed by atoms with Gasteiger partial charge < -0.3 is 4.90 Å². The number of alkyl halides is 4. The molecule has 37 heavy (non-hydrogen) atoms. The minimum atomic E-state index is -3.19. The van der Waals surface area contributed by atoms with E-state index in [0.29, 0.717) is 6.92 Å². The van der Waals surface area contributed by atoms with Crippen molar-refractivity contribution in [1.82, 2.24) is 19.6 Å². The molecule has 194 valence electrons. The molecule has 4 aromatic rings. The summed E-state index contributed by atoms with van der Waals surface area (Å²) in [6.45, 7) is 3.54. The van der Waals surface area contributed by atoms with Crippen molar-refractivity contribution in [2.45, 2.75) is 40.0 Å². The van der Waals surface area contributed by atoms with E-state index in [-0.39, 0.29) is 28.4 Å². The first kappa shape index (κ1) is 26.2. The normalized spacial score (nSPS) is 12.3. The lowest BCUT2D eigenvalue weighted by molar-refractivity contribution is -0.0585. The van der Waals surface area contributed by atoms with Gasteiger partial charge >= 0.3 is 0 Å². The number of fused-ring (bicyclic) bond motifs is 3. The van der Waals surface area contributed by atoms with Crippen molar-refractivity contribution in [1.29, 1.82) is 0 Å². The van der Waals surface area contributed by atoms with Crippen LogP contribution in [0.1, 0.15) is 32.2 Å². The molecule has 2 aromatic heterocycles. The quantitative estimate of drug-likeness (QED) is 0.223. The van der Waals surface area contributed by atoms with Gasteiger partial charge in [-0.3, -0.25) is 4.40 Å². The zero-order valence-electron chi connectivity index (χ0n) is 20.1. The molecule has 0 saturated carbocycles. The molecule has 0 atom stereocenters. The number of aromatic nitrogens is 4. The molecule has 0 aliphatic carbocycles. The second-order valence-electron chi connectivity index (χ2n) is 9.04. The van der Waals surface area contributed by atoms with Crippen molar-refractivity contribution in [3.05, 3.63) is 59.2 Å². The summed E-state index contributed by atoms with van der Waals surface area (Å²) in [6, 6.07) is 5.07. The molecule has 5 nitrogen and oxygen atoms in total.